The van der Waals surface area contributed by atoms with Crippen LogP contribution in [0.1, 0.15) is 12.5 Å². The highest BCUT2D eigenvalue weighted by molar-refractivity contribution is 5.02. The normalized spacial score (nSPS) is 10.7. The van der Waals surface area contributed by atoms with Crippen LogP contribution >= 0.6 is 0 Å². The number of hydrogen-bond acceptors (Lipinski definition) is 4. The molecular weight excluding hydrogens is 196 g/mol. The Morgan fingerprint density at radius 3 is 2.47 bits per heavy atom. The predicted molar refractivity (Wildman–Crippen MR) is 55.7 cm³/mol. The second-order valence-corrected chi connectivity index (χ2v) is 2.99. The minimum absolute atomic E-state index is 0.575. The molecule has 4 nitrogen and oxygen atoms in total. The van der Waals surface area contributed by atoms with Crippen LogP contribution in [0.3, 0.4) is 0 Å². The second kappa shape index (κ2) is 8.47. The molecule has 0 aliphatic heterocycles. The average Bonchev–Trinajstić information content (AvgIpc) is 2.75. The van der Waals surface area contributed by atoms with Gasteiger partial charge in [-0.2, -0.15) is 0 Å². The summed E-state index contributed by atoms with van der Waals surface area (Å²) < 4.78 is 20.7. The Bertz CT molecular complexity index is 221. The lowest BCUT2D eigenvalue weighted by atomic mass is 10.4. The molecule has 0 aromatic carbocycles. The highest BCUT2D eigenvalue weighted by atomic mass is 16.5. The van der Waals surface area contributed by atoms with Crippen molar-refractivity contribution in [1.29, 1.82) is 0 Å². The maximum Gasteiger partial charge on any atom is 0.0957 e. The zero-order valence-corrected chi connectivity index (χ0v) is 9.11. The molecule has 0 unspecified atom stereocenters. The molecule has 0 saturated carbocycles. The van der Waals surface area contributed by atoms with Crippen molar-refractivity contribution < 1.29 is 18.6 Å². The van der Waals surface area contributed by atoms with Crippen molar-refractivity contribution in [3.8, 4) is 0 Å². The number of hydrogen-bond donors (Lipinski definition) is 0. The summed E-state index contributed by atoms with van der Waals surface area (Å²) in [4.78, 5) is 0. The van der Waals surface area contributed by atoms with Crippen LogP contribution in [0.5, 0.6) is 0 Å². The van der Waals surface area contributed by atoms with Crippen LogP contribution in [0.15, 0.2) is 23.0 Å². The Kier molecular flexibility index (Phi) is 6.90. The predicted octanol–water partition coefficient (Wildman–Crippen LogP) is 1.85. The molecule has 4 heteroatoms. The third kappa shape index (κ3) is 6.28. The maximum absolute atomic E-state index is 5.36. The Balaban J connectivity index is 1.81. The summed E-state index contributed by atoms with van der Waals surface area (Å²) >= 11 is 0. The first-order chi connectivity index (χ1) is 7.43. The van der Waals surface area contributed by atoms with E-state index in [1.54, 1.807) is 12.5 Å². The van der Waals surface area contributed by atoms with Crippen LogP contribution in [-0.2, 0) is 20.8 Å². The lowest BCUT2D eigenvalue weighted by Crippen LogP contribution is -2.09. The Labute approximate surface area is 90.1 Å². The molecule has 0 N–H and O–H groups in total. The van der Waals surface area contributed by atoms with Gasteiger partial charge in [0.1, 0.15) is 0 Å². The molecule has 86 valence electrons. The van der Waals surface area contributed by atoms with Gasteiger partial charge in [-0.25, -0.2) is 0 Å². The molecule has 0 spiro atoms. The van der Waals surface area contributed by atoms with Gasteiger partial charge < -0.3 is 18.6 Å². The molecule has 0 amide bonds. The molecule has 0 fully saturated rings. The number of rotatable bonds is 9. The molecule has 0 atom stereocenters. The van der Waals surface area contributed by atoms with E-state index >= 15 is 0 Å². The molecule has 1 rings (SSSR count). The van der Waals surface area contributed by atoms with Gasteiger partial charge in [0.2, 0.25) is 0 Å². The quantitative estimate of drug-likeness (QED) is 0.588. The zero-order valence-electron chi connectivity index (χ0n) is 9.11. The Morgan fingerprint density at radius 2 is 1.80 bits per heavy atom. The van der Waals surface area contributed by atoms with E-state index in [1.165, 1.54) is 0 Å². The highest BCUT2D eigenvalue weighted by Gasteiger charge is 1.94. The molecule has 0 aliphatic rings. The van der Waals surface area contributed by atoms with Crippen molar-refractivity contribution >= 4 is 0 Å². The summed E-state index contributed by atoms with van der Waals surface area (Å²) in [6.45, 7) is 5.75. The molecule has 0 bridgehead atoms. The van der Waals surface area contributed by atoms with Crippen molar-refractivity contribution in [2.45, 2.75) is 13.5 Å². The lowest BCUT2D eigenvalue weighted by Gasteiger charge is -2.04. The highest BCUT2D eigenvalue weighted by Crippen LogP contribution is 2.01. The summed E-state index contributed by atoms with van der Waals surface area (Å²) in [5, 5.41) is 0. The van der Waals surface area contributed by atoms with Crippen molar-refractivity contribution in [3.63, 3.8) is 0 Å². The van der Waals surface area contributed by atoms with E-state index in [4.69, 9.17) is 18.6 Å². The monoisotopic (exact) mass is 214 g/mol. The summed E-state index contributed by atoms with van der Waals surface area (Å²) in [6, 6.07) is 1.88. The van der Waals surface area contributed by atoms with Crippen molar-refractivity contribution in [2.24, 2.45) is 0 Å². The van der Waals surface area contributed by atoms with Gasteiger partial charge in [-0.05, 0) is 13.0 Å². The van der Waals surface area contributed by atoms with Gasteiger partial charge in [0.25, 0.3) is 0 Å². The van der Waals surface area contributed by atoms with Crippen LogP contribution in [0.4, 0.5) is 0 Å². The minimum Gasteiger partial charge on any atom is -0.472 e. The van der Waals surface area contributed by atoms with Crippen LogP contribution in [0, 0.1) is 0 Å². The van der Waals surface area contributed by atoms with Crippen LogP contribution in [0.2, 0.25) is 0 Å². The smallest absolute Gasteiger partial charge is 0.0957 e. The first-order valence-electron chi connectivity index (χ1n) is 5.17. The first-order valence-corrected chi connectivity index (χ1v) is 5.17. The summed E-state index contributed by atoms with van der Waals surface area (Å²) in [5.74, 6) is 0. The zero-order chi connectivity index (χ0) is 10.8. The fraction of sp³-hybridized carbons (Fsp3) is 0.636. The lowest BCUT2D eigenvalue weighted by molar-refractivity contribution is 0.0127. The second-order valence-electron chi connectivity index (χ2n) is 2.99. The minimum atomic E-state index is 0.575. The summed E-state index contributed by atoms with van der Waals surface area (Å²) in [5.41, 5.74) is 1.05. The van der Waals surface area contributed by atoms with Crippen molar-refractivity contribution in [1.82, 2.24) is 0 Å². The molecule has 0 aliphatic carbocycles. The van der Waals surface area contributed by atoms with E-state index in [1.807, 2.05) is 13.0 Å². The van der Waals surface area contributed by atoms with Crippen LogP contribution in [-0.4, -0.2) is 33.0 Å². The van der Waals surface area contributed by atoms with Crippen LogP contribution < -0.4 is 0 Å². The largest absolute Gasteiger partial charge is 0.472 e. The van der Waals surface area contributed by atoms with Gasteiger partial charge in [-0.1, -0.05) is 0 Å². The van der Waals surface area contributed by atoms with Gasteiger partial charge in [0.05, 0.1) is 45.6 Å². The fourth-order valence-corrected chi connectivity index (χ4v) is 1.05. The van der Waals surface area contributed by atoms with E-state index in [0.717, 1.165) is 12.2 Å². The summed E-state index contributed by atoms with van der Waals surface area (Å²) in [6.07, 6.45) is 3.31. The van der Waals surface area contributed by atoms with E-state index in [-0.39, 0.29) is 0 Å². The van der Waals surface area contributed by atoms with Crippen LogP contribution in [0.25, 0.3) is 0 Å². The Hall–Kier alpha value is -0.840. The molecule has 1 aromatic heterocycles. The molecule has 0 saturated heterocycles. The third-order valence-electron chi connectivity index (χ3n) is 1.80. The molecule has 1 aromatic rings. The average molecular weight is 214 g/mol. The Morgan fingerprint density at radius 1 is 1.07 bits per heavy atom. The SMILES string of the molecule is CCOCCOCCOCc1ccoc1. The molecular formula is C11H18O4. The van der Waals surface area contributed by atoms with E-state index in [0.29, 0.717) is 33.0 Å². The number of ether oxygens (including phenoxy) is 3. The standard InChI is InChI=1S/C11H18O4/c1-2-12-5-6-13-7-8-15-10-11-3-4-14-9-11/h3-4,9H,2,5-8,10H2,1H3. The van der Waals surface area contributed by atoms with Gasteiger partial charge >= 0.3 is 0 Å². The van der Waals surface area contributed by atoms with Crippen molar-refractivity contribution in [3.05, 3.63) is 24.2 Å². The number of furan rings is 1. The molecule has 15 heavy (non-hydrogen) atoms. The van der Waals surface area contributed by atoms with Crippen molar-refractivity contribution in [2.75, 3.05) is 33.0 Å². The third-order valence-corrected chi connectivity index (χ3v) is 1.80. The fourth-order valence-electron chi connectivity index (χ4n) is 1.05. The summed E-state index contributed by atoms with van der Waals surface area (Å²) in [7, 11) is 0. The molecule has 0 radical (unpaired) electrons. The van der Waals surface area contributed by atoms with E-state index in [2.05, 4.69) is 0 Å². The van der Waals surface area contributed by atoms with Gasteiger partial charge in [-0.3, -0.25) is 0 Å². The van der Waals surface area contributed by atoms with E-state index < -0.39 is 0 Å². The van der Waals surface area contributed by atoms with Gasteiger partial charge in [0, 0.05) is 12.2 Å². The van der Waals surface area contributed by atoms with E-state index in [9.17, 15) is 0 Å². The van der Waals surface area contributed by atoms with Gasteiger partial charge in [0.15, 0.2) is 0 Å². The molecule has 1 heterocycles. The van der Waals surface area contributed by atoms with Gasteiger partial charge in [-0.15, -0.1) is 0 Å². The first kappa shape index (κ1) is 12.2. The maximum atomic E-state index is 5.36. The topological polar surface area (TPSA) is 40.8 Å².